The van der Waals surface area contributed by atoms with Crippen LogP contribution in [0.4, 0.5) is 0 Å². The van der Waals surface area contributed by atoms with Gasteiger partial charge in [-0.2, -0.15) is 4.73 Å². The predicted octanol–water partition coefficient (Wildman–Crippen LogP) is 3.99. The van der Waals surface area contributed by atoms with Crippen LogP contribution in [0.2, 0.25) is 30.7 Å². The van der Waals surface area contributed by atoms with Gasteiger partial charge in [-0.25, -0.2) is 8.42 Å². The Hall–Kier alpha value is -0.693. The largest absolute Gasteiger partial charge is 0.413 e. The van der Waals surface area contributed by atoms with Gasteiger partial charge >= 0.3 is 0 Å². The van der Waals surface area contributed by atoms with Gasteiger partial charge in [-0.15, -0.1) is 0 Å². The second-order valence-corrected chi connectivity index (χ2v) is 14.6. The van der Waals surface area contributed by atoms with Crippen molar-refractivity contribution in [2.24, 2.45) is 0 Å². The molecule has 0 spiro atoms. The first-order valence-corrected chi connectivity index (χ1v) is 12.9. The standard InChI is InChI=1S/C13H17Cl2NO3SSi/c1-21(2,3)7-6-19-16-12-5-4-11(14)8-10(12)9-13(16)20(15,17)18/h4-5,8-9H,6-7H2,1-3H3. The highest BCUT2D eigenvalue weighted by atomic mass is 35.7. The Morgan fingerprint density at radius 1 is 1.24 bits per heavy atom. The molecule has 1 aromatic heterocycles. The van der Waals surface area contributed by atoms with Crippen LogP contribution in [0.3, 0.4) is 0 Å². The quantitative estimate of drug-likeness (QED) is 0.594. The molecule has 0 fully saturated rings. The van der Waals surface area contributed by atoms with Crippen molar-refractivity contribution in [3.05, 3.63) is 29.3 Å². The Morgan fingerprint density at radius 2 is 1.90 bits per heavy atom. The van der Waals surface area contributed by atoms with Gasteiger partial charge in [0.05, 0.1) is 5.52 Å². The van der Waals surface area contributed by atoms with E-state index in [4.69, 9.17) is 27.1 Å². The van der Waals surface area contributed by atoms with Crippen LogP contribution in [0, 0.1) is 0 Å². The van der Waals surface area contributed by atoms with E-state index in [9.17, 15) is 8.42 Å². The summed E-state index contributed by atoms with van der Waals surface area (Å²) in [4.78, 5) is 5.68. The molecule has 21 heavy (non-hydrogen) atoms. The van der Waals surface area contributed by atoms with Crippen molar-refractivity contribution in [2.45, 2.75) is 30.7 Å². The molecule has 0 bridgehead atoms. The Bertz CT molecular complexity index is 766. The number of halogens is 2. The zero-order chi connectivity index (χ0) is 15.8. The summed E-state index contributed by atoms with van der Waals surface area (Å²) in [5.41, 5.74) is 0.634. The Kier molecular flexibility index (Phi) is 4.63. The van der Waals surface area contributed by atoms with Gasteiger partial charge in [-0.1, -0.05) is 31.2 Å². The fourth-order valence-electron chi connectivity index (χ4n) is 1.88. The second kappa shape index (κ2) is 5.83. The lowest BCUT2D eigenvalue weighted by atomic mass is 10.2. The van der Waals surface area contributed by atoms with Gasteiger partial charge in [-0.05, 0) is 30.3 Å². The summed E-state index contributed by atoms with van der Waals surface area (Å²) in [7, 11) is 0.323. The molecule has 0 atom stereocenters. The number of fused-ring (bicyclic) bond motifs is 1. The molecule has 2 aromatic rings. The summed E-state index contributed by atoms with van der Waals surface area (Å²) in [6.07, 6.45) is 0. The van der Waals surface area contributed by atoms with Crippen molar-refractivity contribution in [3.63, 3.8) is 0 Å². The van der Waals surface area contributed by atoms with Crippen LogP contribution in [-0.2, 0) is 9.05 Å². The van der Waals surface area contributed by atoms with E-state index in [1.165, 1.54) is 10.8 Å². The topological polar surface area (TPSA) is 48.3 Å². The minimum absolute atomic E-state index is 0.0722. The van der Waals surface area contributed by atoms with Crippen LogP contribution in [0.1, 0.15) is 0 Å². The number of nitrogens with zero attached hydrogens (tertiary/aromatic N) is 1. The van der Waals surface area contributed by atoms with Crippen LogP contribution in [-0.4, -0.2) is 27.8 Å². The molecular weight excluding hydrogens is 349 g/mol. The molecule has 116 valence electrons. The van der Waals surface area contributed by atoms with E-state index in [-0.39, 0.29) is 5.03 Å². The number of hydrogen-bond acceptors (Lipinski definition) is 3. The molecule has 0 radical (unpaired) electrons. The first kappa shape index (κ1) is 16.7. The third-order valence-electron chi connectivity index (χ3n) is 3.01. The minimum Gasteiger partial charge on any atom is -0.413 e. The molecule has 0 unspecified atom stereocenters. The number of benzene rings is 1. The smallest absolute Gasteiger partial charge is 0.280 e. The van der Waals surface area contributed by atoms with Gasteiger partial charge in [-0.3, -0.25) is 0 Å². The maximum atomic E-state index is 11.7. The van der Waals surface area contributed by atoms with E-state index in [2.05, 4.69) is 19.6 Å². The van der Waals surface area contributed by atoms with E-state index in [0.29, 0.717) is 22.5 Å². The highest BCUT2D eigenvalue weighted by Gasteiger charge is 2.21. The van der Waals surface area contributed by atoms with Crippen molar-refractivity contribution in [2.75, 3.05) is 6.61 Å². The summed E-state index contributed by atoms with van der Waals surface area (Å²) >= 11 is 5.93. The van der Waals surface area contributed by atoms with Gasteiger partial charge < -0.3 is 4.84 Å². The fourth-order valence-corrected chi connectivity index (χ4v) is 3.70. The molecule has 1 aromatic carbocycles. The molecule has 8 heteroatoms. The van der Waals surface area contributed by atoms with E-state index in [0.717, 1.165) is 6.04 Å². The average molecular weight is 366 g/mol. The van der Waals surface area contributed by atoms with Crippen LogP contribution >= 0.6 is 22.3 Å². The molecule has 0 saturated carbocycles. The summed E-state index contributed by atoms with van der Waals surface area (Å²) < 4.78 is 24.7. The van der Waals surface area contributed by atoms with Crippen molar-refractivity contribution in [1.82, 2.24) is 4.73 Å². The molecule has 2 rings (SSSR count). The molecular formula is C13H17Cl2NO3SSi. The molecule has 0 aliphatic heterocycles. The summed E-state index contributed by atoms with van der Waals surface area (Å²) in [6, 6.07) is 7.48. The second-order valence-electron chi connectivity index (χ2n) is 6.06. The maximum Gasteiger partial charge on any atom is 0.280 e. The van der Waals surface area contributed by atoms with E-state index < -0.39 is 17.1 Å². The van der Waals surface area contributed by atoms with Crippen molar-refractivity contribution < 1.29 is 13.3 Å². The monoisotopic (exact) mass is 365 g/mol. The van der Waals surface area contributed by atoms with Gasteiger partial charge in [0.25, 0.3) is 9.05 Å². The number of aromatic nitrogens is 1. The van der Waals surface area contributed by atoms with Gasteiger partial charge in [0.2, 0.25) is 0 Å². The number of hydrogen-bond donors (Lipinski definition) is 0. The van der Waals surface area contributed by atoms with Gasteiger partial charge in [0, 0.05) is 29.2 Å². The van der Waals surface area contributed by atoms with Crippen molar-refractivity contribution in [1.29, 1.82) is 0 Å². The molecule has 0 N–H and O–H groups in total. The number of rotatable bonds is 5. The third kappa shape index (κ3) is 4.16. The zero-order valence-corrected chi connectivity index (χ0v) is 15.4. The van der Waals surface area contributed by atoms with E-state index >= 15 is 0 Å². The fraction of sp³-hybridized carbons (Fsp3) is 0.385. The Balaban J connectivity index is 2.44. The molecule has 0 saturated heterocycles. The SMILES string of the molecule is C[Si](C)(C)CCOn1c(S(=O)(=O)Cl)cc2cc(Cl)ccc21. The summed E-state index contributed by atoms with van der Waals surface area (Å²) in [5, 5.41) is 1.13. The summed E-state index contributed by atoms with van der Waals surface area (Å²) in [5.74, 6) is 0. The third-order valence-corrected chi connectivity index (χ3v) is 6.21. The Morgan fingerprint density at radius 3 is 2.48 bits per heavy atom. The van der Waals surface area contributed by atoms with Gasteiger partial charge in [0.1, 0.15) is 6.61 Å². The van der Waals surface area contributed by atoms with Crippen LogP contribution in [0.15, 0.2) is 29.3 Å². The van der Waals surface area contributed by atoms with Crippen molar-refractivity contribution >= 4 is 50.3 Å². The van der Waals surface area contributed by atoms with Crippen LogP contribution in [0.25, 0.3) is 10.9 Å². The molecule has 0 aliphatic rings. The van der Waals surface area contributed by atoms with Crippen LogP contribution < -0.4 is 4.84 Å². The lowest BCUT2D eigenvalue weighted by Gasteiger charge is -2.17. The summed E-state index contributed by atoms with van der Waals surface area (Å²) in [6.45, 7) is 7.12. The first-order chi connectivity index (χ1) is 9.58. The molecule has 1 heterocycles. The van der Waals surface area contributed by atoms with Crippen LogP contribution in [0.5, 0.6) is 0 Å². The zero-order valence-electron chi connectivity index (χ0n) is 12.1. The maximum absolute atomic E-state index is 11.7. The van der Waals surface area contributed by atoms with E-state index in [1.807, 2.05) is 0 Å². The minimum atomic E-state index is -3.90. The highest BCUT2D eigenvalue weighted by Crippen LogP contribution is 2.27. The van der Waals surface area contributed by atoms with Crippen molar-refractivity contribution in [3.8, 4) is 0 Å². The highest BCUT2D eigenvalue weighted by molar-refractivity contribution is 8.13. The first-order valence-electron chi connectivity index (χ1n) is 6.47. The molecule has 0 amide bonds. The lowest BCUT2D eigenvalue weighted by Crippen LogP contribution is -2.26. The molecule has 0 aliphatic carbocycles. The van der Waals surface area contributed by atoms with Gasteiger partial charge in [0.15, 0.2) is 5.03 Å². The predicted molar refractivity (Wildman–Crippen MR) is 89.6 cm³/mol. The van der Waals surface area contributed by atoms with E-state index in [1.54, 1.807) is 18.2 Å². The lowest BCUT2D eigenvalue weighted by molar-refractivity contribution is 0.113. The normalized spacial score (nSPS) is 12.8. The molecule has 4 nitrogen and oxygen atoms in total. The average Bonchev–Trinajstić information content (AvgIpc) is 2.65. The Labute approximate surface area is 135 Å².